The van der Waals surface area contributed by atoms with Gasteiger partial charge in [-0.15, -0.1) is 0 Å². The Morgan fingerprint density at radius 3 is 2.65 bits per heavy atom. The topological polar surface area (TPSA) is 63.8 Å². The molecule has 2 aliphatic rings. The molecule has 2 aliphatic carbocycles. The molecule has 2 heterocycles. The molecule has 0 aliphatic heterocycles. The number of nitrogens with zero attached hydrogens (tertiary/aromatic N) is 2. The number of hydrogen-bond acceptors (Lipinski definition) is 3. The van der Waals surface area contributed by atoms with Gasteiger partial charge in [0.15, 0.2) is 0 Å². The molecule has 5 heteroatoms. The fourth-order valence-corrected chi connectivity index (χ4v) is 2.56. The Morgan fingerprint density at radius 1 is 1.25 bits per heavy atom. The summed E-state index contributed by atoms with van der Waals surface area (Å²) in [5, 5.41) is 13.8. The summed E-state index contributed by atoms with van der Waals surface area (Å²) in [5.74, 6) is 0.143. The van der Waals surface area contributed by atoms with Crippen LogP contribution in [0.3, 0.4) is 0 Å². The summed E-state index contributed by atoms with van der Waals surface area (Å²) >= 11 is 0. The molecule has 0 unspecified atom stereocenters. The molecule has 0 spiro atoms. The zero-order chi connectivity index (χ0) is 13.7. The van der Waals surface area contributed by atoms with Crippen LogP contribution in [-0.2, 0) is 0 Å². The van der Waals surface area contributed by atoms with Crippen LogP contribution in [0, 0.1) is 0 Å². The number of fused-ring (bicyclic) bond motifs is 1. The Balaban J connectivity index is 1.82. The highest BCUT2D eigenvalue weighted by atomic mass is 16.5. The average Bonchev–Trinajstić information content (AvgIpc) is 3.04. The summed E-state index contributed by atoms with van der Waals surface area (Å²) < 4.78 is 7.56. The Labute approximate surface area is 116 Å². The van der Waals surface area contributed by atoms with Crippen LogP contribution in [0.25, 0.3) is 5.52 Å². The van der Waals surface area contributed by atoms with Crippen molar-refractivity contribution < 1.29 is 14.6 Å². The Morgan fingerprint density at radius 2 is 2.05 bits per heavy atom. The van der Waals surface area contributed by atoms with Crippen LogP contribution >= 0.6 is 0 Å². The van der Waals surface area contributed by atoms with Gasteiger partial charge in [0.05, 0.1) is 16.8 Å². The maximum atomic E-state index is 11.2. The van der Waals surface area contributed by atoms with Crippen LogP contribution in [0.2, 0.25) is 0 Å². The first-order chi connectivity index (χ1) is 9.70. The first kappa shape index (κ1) is 11.8. The number of hydrogen-bond donors (Lipinski definition) is 1. The summed E-state index contributed by atoms with van der Waals surface area (Å²) in [6.07, 6.45) is 5.90. The molecule has 4 rings (SSSR count). The lowest BCUT2D eigenvalue weighted by Gasteiger charge is -2.22. The Kier molecular flexibility index (Phi) is 2.49. The van der Waals surface area contributed by atoms with E-state index in [2.05, 4.69) is 5.10 Å². The van der Waals surface area contributed by atoms with Crippen molar-refractivity contribution in [3.8, 4) is 5.88 Å². The molecule has 2 aromatic rings. The largest absolute Gasteiger partial charge is 0.478 e. The lowest BCUT2D eigenvalue weighted by Crippen LogP contribution is -2.10. The molecule has 2 fully saturated rings. The van der Waals surface area contributed by atoms with Crippen LogP contribution in [0.5, 0.6) is 5.88 Å². The Bertz CT molecular complexity index is 684. The summed E-state index contributed by atoms with van der Waals surface area (Å²) in [4.78, 5) is 11.2. The molecule has 0 bridgehead atoms. The molecule has 5 nitrogen and oxygen atoms in total. The highest BCUT2D eigenvalue weighted by Gasteiger charge is 2.27. The van der Waals surface area contributed by atoms with Crippen molar-refractivity contribution in [2.24, 2.45) is 0 Å². The van der Waals surface area contributed by atoms with Gasteiger partial charge in [-0.2, -0.15) is 5.10 Å². The second-order valence-corrected chi connectivity index (χ2v) is 5.74. The van der Waals surface area contributed by atoms with Crippen molar-refractivity contribution in [2.45, 2.75) is 44.1 Å². The number of ether oxygens (including phenoxy) is 1. The van der Waals surface area contributed by atoms with Gasteiger partial charge in [0.1, 0.15) is 6.10 Å². The molecule has 0 atom stereocenters. The third-order valence-electron chi connectivity index (χ3n) is 4.13. The van der Waals surface area contributed by atoms with Crippen molar-refractivity contribution in [3.05, 3.63) is 29.5 Å². The van der Waals surface area contributed by atoms with Crippen LogP contribution in [0.15, 0.2) is 18.2 Å². The van der Waals surface area contributed by atoms with E-state index >= 15 is 0 Å². The van der Waals surface area contributed by atoms with E-state index < -0.39 is 5.97 Å². The third kappa shape index (κ3) is 1.94. The molecule has 0 aromatic carbocycles. The quantitative estimate of drug-likeness (QED) is 0.929. The number of pyridine rings is 1. The average molecular weight is 272 g/mol. The summed E-state index contributed by atoms with van der Waals surface area (Å²) in [6.45, 7) is 0. The fourth-order valence-electron chi connectivity index (χ4n) is 2.56. The molecule has 2 aromatic heterocycles. The van der Waals surface area contributed by atoms with Crippen LogP contribution in [0.1, 0.15) is 54.1 Å². The predicted octanol–water partition coefficient (Wildman–Crippen LogP) is 2.84. The predicted molar refractivity (Wildman–Crippen MR) is 72.4 cm³/mol. The van der Waals surface area contributed by atoms with Gasteiger partial charge in [0.25, 0.3) is 0 Å². The monoisotopic (exact) mass is 272 g/mol. The lowest BCUT2D eigenvalue weighted by atomic mass is 9.83. The first-order valence-electron chi connectivity index (χ1n) is 7.14. The number of aromatic carboxylic acids is 1. The van der Waals surface area contributed by atoms with Crippen LogP contribution < -0.4 is 4.74 Å². The third-order valence-corrected chi connectivity index (χ3v) is 4.13. The number of carboxylic acids is 1. The minimum Gasteiger partial charge on any atom is -0.478 e. The zero-order valence-corrected chi connectivity index (χ0v) is 11.1. The lowest BCUT2D eigenvalue weighted by molar-refractivity contribution is 0.0696. The zero-order valence-electron chi connectivity index (χ0n) is 11.1. The van der Waals surface area contributed by atoms with Crippen LogP contribution in [-0.4, -0.2) is 26.8 Å². The van der Waals surface area contributed by atoms with E-state index in [-0.39, 0.29) is 11.7 Å². The van der Waals surface area contributed by atoms with E-state index in [0.29, 0.717) is 11.8 Å². The number of carboxylic acid groups (broad SMARTS) is 1. The van der Waals surface area contributed by atoms with E-state index in [1.54, 1.807) is 16.6 Å². The SMILES string of the molecule is O=C(O)c1cc(OC2CC2)n2nc(C3CCC3)cc2c1. The van der Waals surface area contributed by atoms with E-state index in [9.17, 15) is 9.90 Å². The van der Waals surface area contributed by atoms with E-state index in [1.807, 2.05) is 6.07 Å². The van der Waals surface area contributed by atoms with Crippen molar-refractivity contribution in [1.29, 1.82) is 0 Å². The van der Waals surface area contributed by atoms with Gasteiger partial charge in [-0.05, 0) is 37.8 Å². The molecule has 20 heavy (non-hydrogen) atoms. The maximum Gasteiger partial charge on any atom is 0.335 e. The van der Waals surface area contributed by atoms with Gasteiger partial charge < -0.3 is 9.84 Å². The summed E-state index contributed by atoms with van der Waals surface area (Å²) in [5.41, 5.74) is 2.12. The molecular formula is C15H16N2O3. The molecule has 1 N–H and O–H groups in total. The summed E-state index contributed by atoms with van der Waals surface area (Å²) in [6, 6.07) is 5.23. The minimum atomic E-state index is -0.931. The molecule has 0 radical (unpaired) electrons. The molecular weight excluding hydrogens is 256 g/mol. The molecule has 0 saturated heterocycles. The smallest absolute Gasteiger partial charge is 0.335 e. The van der Waals surface area contributed by atoms with Gasteiger partial charge in [0, 0.05) is 12.0 Å². The van der Waals surface area contributed by atoms with Crippen molar-refractivity contribution in [1.82, 2.24) is 9.61 Å². The van der Waals surface area contributed by atoms with Gasteiger partial charge in [-0.25, -0.2) is 9.31 Å². The summed E-state index contributed by atoms with van der Waals surface area (Å²) in [7, 11) is 0. The van der Waals surface area contributed by atoms with Gasteiger partial charge in [-0.1, -0.05) is 6.42 Å². The number of aromatic nitrogens is 2. The van der Waals surface area contributed by atoms with Crippen molar-refractivity contribution in [2.75, 3.05) is 0 Å². The van der Waals surface area contributed by atoms with Gasteiger partial charge in [-0.3, -0.25) is 0 Å². The van der Waals surface area contributed by atoms with E-state index in [0.717, 1.165) is 24.1 Å². The van der Waals surface area contributed by atoms with Crippen molar-refractivity contribution in [3.63, 3.8) is 0 Å². The molecule has 0 amide bonds. The minimum absolute atomic E-state index is 0.221. The van der Waals surface area contributed by atoms with Crippen molar-refractivity contribution >= 4 is 11.5 Å². The highest BCUT2D eigenvalue weighted by molar-refractivity contribution is 5.89. The normalized spacial score (nSPS) is 19.0. The Hall–Kier alpha value is -2.04. The van der Waals surface area contributed by atoms with Crippen LogP contribution in [0.4, 0.5) is 0 Å². The van der Waals surface area contributed by atoms with E-state index in [1.165, 1.54) is 19.3 Å². The second-order valence-electron chi connectivity index (χ2n) is 5.74. The highest BCUT2D eigenvalue weighted by Crippen LogP contribution is 2.37. The first-order valence-corrected chi connectivity index (χ1v) is 7.14. The van der Waals surface area contributed by atoms with Gasteiger partial charge in [0.2, 0.25) is 5.88 Å². The number of rotatable bonds is 4. The maximum absolute atomic E-state index is 11.2. The van der Waals surface area contributed by atoms with E-state index in [4.69, 9.17) is 4.74 Å². The molecule has 104 valence electrons. The molecule has 2 saturated carbocycles. The van der Waals surface area contributed by atoms with Gasteiger partial charge >= 0.3 is 5.97 Å². The second kappa shape index (κ2) is 4.23. The fraction of sp³-hybridized carbons (Fsp3) is 0.467. The number of carbonyl (C=O) groups is 1. The standard InChI is InChI=1S/C15H16N2O3/c18-15(19)10-6-11-8-13(9-2-1-3-9)16-17(11)14(7-10)20-12-4-5-12/h6-9,12H,1-5H2,(H,18,19).